The molecule has 4 nitrogen and oxygen atoms in total. The predicted octanol–water partition coefficient (Wildman–Crippen LogP) is 3.15. The zero-order valence-electron chi connectivity index (χ0n) is 13.6. The lowest BCUT2D eigenvalue weighted by Crippen LogP contribution is -2.36. The molecule has 118 valence electrons. The molecule has 0 aromatic carbocycles. The van der Waals surface area contributed by atoms with E-state index < -0.39 is 0 Å². The quantitative estimate of drug-likeness (QED) is 0.718. The second-order valence-electron chi connectivity index (χ2n) is 5.98. The summed E-state index contributed by atoms with van der Waals surface area (Å²) >= 11 is 0. The molecule has 0 saturated heterocycles. The van der Waals surface area contributed by atoms with E-state index in [2.05, 4.69) is 35.1 Å². The summed E-state index contributed by atoms with van der Waals surface area (Å²) < 4.78 is 5.28. The average Bonchev–Trinajstić information content (AvgIpc) is 3.34. The van der Waals surface area contributed by atoms with Gasteiger partial charge in [-0.2, -0.15) is 0 Å². The third-order valence-corrected chi connectivity index (χ3v) is 4.27. The van der Waals surface area contributed by atoms with E-state index in [0.29, 0.717) is 6.04 Å². The third kappa shape index (κ3) is 4.97. The van der Waals surface area contributed by atoms with Crippen LogP contribution in [0.2, 0.25) is 0 Å². The summed E-state index contributed by atoms with van der Waals surface area (Å²) in [6, 6.07) is 4.84. The molecular formula is C17H29N3O. The molecule has 1 aliphatic carbocycles. The molecule has 4 heteroatoms. The predicted molar refractivity (Wildman–Crippen MR) is 87.5 cm³/mol. The lowest BCUT2D eigenvalue weighted by Gasteiger charge is -2.29. The van der Waals surface area contributed by atoms with Crippen molar-refractivity contribution in [1.29, 1.82) is 0 Å². The van der Waals surface area contributed by atoms with Gasteiger partial charge in [-0.1, -0.05) is 13.0 Å². The molecule has 0 amide bonds. The first-order chi connectivity index (χ1) is 10.3. The van der Waals surface area contributed by atoms with Crippen molar-refractivity contribution in [3.63, 3.8) is 0 Å². The van der Waals surface area contributed by atoms with Gasteiger partial charge in [-0.3, -0.25) is 4.90 Å². The smallest absolute Gasteiger partial charge is 0.130 e. The zero-order chi connectivity index (χ0) is 15.1. The van der Waals surface area contributed by atoms with Gasteiger partial charge in [-0.25, -0.2) is 4.98 Å². The summed E-state index contributed by atoms with van der Waals surface area (Å²) in [5.74, 6) is 1.90. The molecule has 0 bridgehead atoms. The van der Waals surface area contributed by atoms with E-state index in [0.717, 1.165) is 44.4 Å². The van der Waals surface area contributed by atoms with Gasteiger partial charge >= 0.3 is 0 Å². The molecule has 1 fully saturated rings. The molecule has 1 aliphatic rings. The van der Waals surface area contributed by atoms with Gasteiger partial charge < -0.3 is 10.1 Å². The Morgan fingerprint density at radius 3 is 2.95 bits per heavy atom. The first kappa shape index (κ1) is 16.2. The Balaban J connectivity index is 2.04. The zero-order valence-corrected chi connectivity index (χ0v) is 13.6. The van der Waals surface area contributed by atoms with Gasteiger partial charge in [0.25, 0.3) is 0 Å². The van der Waals surface area contributed by atoms with E-state index in [1.165, 1.54) is 18.4 Å². The highest BCUT2D eigenvalue weighted by atomic mass is 16.5. The number of aromatic nitrogens is 1. The lowest BCUT2D eigenvalue weighted by molar-refractivity contribution is 0.112. The topological polar surface area (TPSA) is 37.4 Å². The van der Waals surface area contributed by atoms with Crippen molar-refractivity contribution in [3.05, 3.63) is 23.9 Å². The Morgan fingerprint density at radius 2 is 2.29 bits per heavy atom. The summed E-state index contributed by atoms with van der Waals surface area (Å²) in [4.78, 5) is 7.04. The first-order valence-electron chi connectivity index (χ1n) is 8.17. The second-order valence-corrected chi connectivity index (χ2v) is 5.98. The summed E-state index contributed by atoms with van der Waals surface area (Å²) in [6.45, 7) is 8.21. The first-order valence-corrected chi connectivity index (χ1v) is 8.17. The molecule has 1 heterocycles. The van der Waals surface area contributed by atoms with Crippen LogP contribution in [0.4, 0.5) is 5.82 Å². The van der Waals surface area contributed by atoms with Gasteiger partial charge in [0, 0.05) is 44.5 Å². The lowest BCUT2D eigenvalue weighted by atomic mass is 10.1. The molecule has 1 N–H and O–H groups in total. The Morgan fingerprint density at radius 1 is 1.48 bits per heavy atom. The molecular weight excluding hydrogens is 262 g/mol. The van der Waals surface area contributed by atoms with Gasteiger partial charge in [-0.15, -0.1) is 0 Å². The van der Waals surface area contributed by atoms with Crippen LogP contribution in [-0.2, 0) is 11.3 Å². The van der Waals surface area contributed by atoms with Gasteiger partial charge in [0.1, 0.15) is 5.82 Å². The number of pyridine rings is 1. The maximum atomic E-state index is 5.28. The normalized spacial score (nSPS) is 16.2. The number of methoxy groups -OCH3 is 1. The third-order valence-electron chi connectivity index (χ3n) is 4.27. The number of nitrogens with one attached hydrogen (secondary N) is 1. The standard InChI is InChI=1S/C17H29N3O/c1-4-9-18-17-16(6-5-10-19-17)13-20(11-12-21-3)14(2)15-7-8-15/h5-6,10,14-15H,4,7-9,11-13H2,1-3H3,(H,18,19). The number of hydrogen-bond acceptors (Lipinski definition) is 4. The van der Waals surface area contributed by atoms with Crippen LogP contribution < -0.4 is 5.32 Å². The minimum atomic E-state index is 0.624. The number of rotatable bonds is 10. The summed E-state index contributed by atoms with van der Waals surface area (Å²) in [6.07, 6.45) is 5.73. The van der Waals surface area contributed by atoms with Gasteiger partial charge in [0.2, 0.25) is 0 Å². The van der Waals surface area contributed by atoms with Crippen LogP contribution in [0.1, 0.15) is 38.7 Å². The Bertz CT molecular complexity index is 420. The van der Waals surface area contributed by atoms with Crippen molar-refractivity contribution in [3.8, 4) is 0 Å². The van der Waals surface area contributed by atoms with Crippen molar-refractivity contribution in [2.24, 2.45) is 5.92 Å². The molecule has 1 saturated carbocycles. The van der Waals surface area contributed by atoms with E-state index in [1.807, 2.05) is 12.3 Å². The maximum Gasteiger partial charge on any atom is 0.130 e. The highest BCUT2D eigenvalue weighted by molar-refractivity contribution is 5.43. The number of nitrogens with zero attached hydrogens (tertiary/aromatic N) is 2. The Labute approximate surface area is 128 Å². The van der Waals surface area contributed by atoms with E-state index in [1.54, 1.807) is 7.11 Å². The van der Waals surface area contributed by atoms with Crippen LogP contribution in [0.15, 0.2) is 18.3 Å². The Kier molecular flexibility index (Phi) is 6.46. The van der Waals surface area contributed by atoms with Crippen LogP contribution in [0, 0.1) is 5.92 Å². The molecule has 2 rings (SSSR count). The minimum Gasteiger partial charge on any atom is -0.383 e. The van der Waals surface area contributed by atoms with Gasteiger partial charge in [0.05, 0.1) is 6.61 Å². The van der Waals surface area contributed by atoms with Crippen molar-refractivity contribution < 1.29 is 4.74 Å². The largest absolute Gasteiger partial charge is 0.383 e. The number of hydrogen-bond donors (Lipinski definition) is 1. The fourth-order valence-electron chi connectivity index (χ4n) is 2.70. The number of ether oxygens (including phenoxy) is 1. The number of anilines is 1. The van der Waals surface area contributed by atoms with Gasteiger partial charge in [0.15, 0.2) is 0 Å². The van der Waals surface area contributed by atoms with E-state index in [4.69, 9.17) is 4.74 Å². The van der Waals surface area contributed by atoms with Crippen molar-refractivity contribution >= 4 is 5.82 Å². The highest BCUT2D eigenvalue weighted by Gasteiger charge is 2.32. The van der Waals surface area contributed by atoms with Crippen LogP contribution in [0.5, 0.6) is 0 Å². The van der Waals surface area contributed by atoms with Crippen LogP contribution in [-0.4, -0.2) is 42.7 Å². The van der Waals surface area contributed by atoms with Crippen LogP contribution >= 0.6 is 0 Å². The molecule has 1 unspecified atom stereocenters. The molecule has 1 atom stereocenters. The van der Waals surface area contributed by atoms with Gasteiger partial charge in [-0.05, 0) is 38.2 Å². The summed E-state index contributed by atoms with van der Waals surface area (Å²) in [7, 11) is 1.78. The monoisotopic (exact) mass is 291 g/mol. The molecule has 0 aliphatic heterocycles. The summed E-state index contributed by atoms with van der Waals surface area (Å²) in [5, 5.41) is 3.44. The van der Waals surface area contributed by atoms with Crippen molar-refractivity contribution in [1.82, 2.24) is 9.88 Å². The molecule has 1 aromatic rings. The minimum absolute atomic E-state index is 0.624. The van der Waals surface area contributed by atoms with Crippen LogP contribution in [0.3, 0.4) is 0 Å². The second kappa shape index (κ2) is 8.35. The average molecular weight is 291 g/mol. The van der Waals surface area contributed by atoms with E-state index in [-0.39, 0.29) is 0 Å². The fraction of sp³-hybridized carbons (Fsp3) is 0.706. The molecule has 1 aromatic heterocycles. The Hall–Kier alpha value is -1.13. The fourth-order valence-corrected chi connectivity index (χ4v) is 2.70. The summed E-state index contributed by atoms with van der Waals surface area (Å²) in [5.41, 5.74) is 1.29. The molecule has 0 radical (unpaired) electrons. The van der Waals surface area contributed by atoms with Crippen LogP contribution in [0.25, 0.3) is 0 Å². The SMILES string of the molecule is CCCNc1ncccc1CN(CCOC)C(C)C1CC1. The highest BCUT2D eigenvalue weighted by Crippen LogP contribution is 2.35. The van der Waals surface area contributed by atoms with Crippen molar-refractivity contribution in [2.45, 2.75) is 45.7 Å². The van der Waals surface area contributed by atoms with E-state index in [9.17, 15) is 0 Å². The molecule has 21 heavy (non-hydrogen) atoms. The van der Waals surface area contributed by atoms with E-state index >= 15 is 0 Å². The molecule has 0 spiro atoms. The maximum absolute atomic E-state index is 5.28. The van der Waals surface area contributed by atoms with Crippen molar-refractivity contribution in [2.75, 3.05) is 32.1 Å².